The quantitative estimate of drug-likeness (QED) is 0.856. The monoisotopic (exact) mass is 342 g/mol. The maximum Gasteiger partial charge on any atom is 0.252 e. The van der Waals surface area contributed by atoms with Crippen molar-refractivity contribution in [3.63, 3.8) is 0 Å². The van der Waals surface area contributed by atoms with Gasteiger partial charge in [-0.05, 0) is 31.8 Å². The van der Waals surface area contributed by atoms with E-state index in [0.29, 0.717) is 17.6 Å². The van der Waals surface area contributed by atoms with Crippen molar-refractivity contribution in [3.05, 3.63) is 36.2 Å². The van der Waals surface area contributed by atoms with E-state index in [-0.39, 0.29) is 25.2 Å². The van der Waals surface area contributed by atoms with E-state index < -0.39 is 0 Å². The minimum atomic E-state index is -0.0819. The van der Waals surface area contributed by atoms with Crippen LogP contribution >= 0.6 is 0 Å². The van der Waals surface area contributed by atoms with Crippen LogP contribution in [0.1, 0.15) is 18.7 Å². The SMILES string of the molecule is O=C(COCc1nc(-c2ccccc2)no1)NC1CN2CCC1CC2. The first kappa shape index (κ1) is 16.2. The van der Waals surface area contributed by atoms with E-state index in [1.807, 2.05) is 30.3 Å². The smallest absolute Gasteiger partial charge is 0.252 e. The number of piperidine rings is 3. The highest BCUT2D eigenvalue weighted by atomic mass is 16.5. The van der Waals surface area contributed by atoms with Gasteiger partial charge < -0.3 is 19.5 Å². The average Bonchev–Trinajstić information content (AvgIpc) is 3.12. The lowest BCUT2D eigenvalue weighted by Gasteiger charge is -2.44. The van der Waals surface area contributed by atoms with Crippen molar-refractivity contribution in [1.82, 2.24) is 20.4 Å². The Morgan fingerprint density at radius 1 is 1.28 bits per heavy atom. The third-order valence-corrected chi connectivity index (χ3v) is 4.96. The summed E-state index contributed by atoms with van der Waals surface area (Å²) < 4.78 is 10.6. The van der Waals surface area contributed by atoms with E-state index in [1.165, 1.54) is 12.8 Å². The number of amides is 1. The van der Waals surface area contributed by atoms with E-state index in [4.69, 9.17) is 9.26 Å². The molecule has 0 saturated carbocycles. The van der Waals surface area contributed by atoms with Crippen LogP contribution in [-0.2, 0) is 16.1 Å². The van der Waals surface area contributed by atoms with Gasteiger partial charge in [-0.3, -0.25) is 4.79 Å². The molecule has 1 aromatic heterocycles. The number of nitrogens with one attached hydrogen (secondary N) is 1. The molecule has 7 nitrogen and oxygen atoms in total. The number of nitrogens with zero attached hydrogens (tertiary/aromatic N) is 3. The second-order valence-electron chi connectivity index (χ2n) is 6.68. The van der Waals surface area contributed by atoms with Crippen LogP contribution in [-0.4, -0.2) is 53.2 Å². The van der Waals surface area contributed by atoms with E-state index in [9.17, 15) is 4.79 Å². The van der Waals surface area contributed by atoms with Crippen molar-refractivity contribution in [3.8, 4) is 11.4 Å². The van der Waals surface area contributed by atoms with Gasteiger partial charge >= 0.3 is 0 Å². The lowest BCUT2D eigenvalue weighted by atomic mass is 9.84. The van der Waals surface area contributed by atoms with Crippen molar-refractivity contribution in [2.24, 2.45) is 5.92 Å². The van der Waals surface area contributed by atoms with Crippen molar-refractivity contribution < 1.29 is 14.1 Å². The highest BCUT2D eigenvalue weighted by Gasteiger charge is 2.34. The Bertz CT molecular complexity index is 710. The van der Waals surface area contributed by atoms with E-state index >= 15 is 0 Å². The molecule has 7 heteroatoms. The number of aromatic nitrogens is 2. The highest BCUT2D eigenvalue weighted by molar-refractivity contribution is 5.77. The molecule has 1 amide bonds. The van der Waals surface area contributed by atoms with Gasteiger partial charge in [-0.15, -0.1) is 0 Å². The Kier molecular flexibility index (Phi) is 4.76. The molecule has 1 atom stereocenters. The highest BCUT2D eigenvalue weighted by Crippen LogP contribution is 2.27. The molecule has 3 fully saturated rings. The summed E-state index contributed by atoms with van der Waals surface area (Å²) in [6.45, 7) is 3.42. The first-order valence-corrected chi connectivity index (χ1v) is 8.75. The van der Waals surface area contributed by atoms with Crippen LogP contribution in [0.5, 0.6) is 0 Å². The molecule has 2 bridgehead atoms. The van der Waals surface area contributed by atoms with Gasteiger partial charge in [0.1, 0.15) is 13.2 Å². The first-order chi connectivity index (χ1) is 12.3. The summed E-state index contributed by atoms with van der Waals surface area (Å²) in [6.07, 6.45) is 2.35. The zero-order valence-electron chi connectivity index (χ0n) is 14.1. The maximum atomic E-state index is 12.1. The molecular formula is C18H22N4O3. The molecule has 3 aliphatic rings. The van der Waals surface area contributed by atoms with Gasteiger partial charge in [-0.2, -0.15) is 4.98 Å². The average molecular weight is 342 g/mol. The van der Waals surface area contributed by atoms with Crippen LogP contribution in [0.25, 0.3) is 11.4 Å². The number of hydrogen-bond acceptors (Lipinski definition) is 6. The van der Waals surface area contributed by atoms with Crippen LogP contribution in [0.2, 0.25) is 0 Å². The van der Waals surface area contributed by atoms with E-state index in [1.54, 1.807) is 0 Å². The third-order valence-electron chi connectivity index (χ3n) is 4.96. The molecule has 132 valence electrons. The normalized spacial score (nSPS) is 25.0. The molecule has 1 aromatic carbocycles. The summed E-state index contributed by atoms with van der Waals surface area (Å²) >= 11 is 0. The Labute approximate surface area is 146 Å². The molecule has 1 unspecified atom stereocenters. The van der Waals surface area contributed by atoms with Crippen LogP contribution < -0.4 is 5.32 Å². The summed E-state index contributed by atoms with van der Waals surface area (Å²) in [7, 11) is 0. The Hall–Kier alpha value is -2.25. The summed E-state index contributed by atoms with van der Waals surface area (Å²) in [6, 6.07) is 9.85. The minimum absolute atomic E-state index is 0.00622. The fraction of sp³-hybridized carbons (Fsp3) is 0.500. The zero-order chi connectivity index (χ0) is 17.1. The van der Waals surface area contributed by atoms with Crippen LogP contribution in [0.15, 0.2) is 34.9 Å². The second kappa shape index (κ2) is 7.33. The number of fused-ring (bicyclic) bond motifs is 3. The molecule has 5 rings (SSSR count). The lowest BCUT2D eigenvalue weighted by molar-refractivity contribution is -0.128. The molecule has 0 spiro atoms. The van der Waals surface area contributed by atoms with Crippen LogP contribution in [0.3, 0.4) is 0 Å². The topological polar surface area (TPSA) is 80.5 Å². The fourth-order valence-electron chi connectivity index (χ4n) is 3.63. The van der Waals surface area contributed by atoms with E-state index in [0.717, 1.165) is 25.2 Å². The van der Waals surface area contributed by atoms with Crippen LogP contribution in [0, 0.1) is 5.92 Å². The van der Waals surface area contributed by atoms with Gasteiger partial charge in [0.15, 0.2) is 0 Å². The molecular weight excluding hydrogens is 320 g/mol. The lowest BCUT2D eigenvalue weighted by Crippen LogP contribution is -2.57. The standard InChI is InChI=1S/C18H22N4O3/c23-16(19-15-10-22-8-6-13(15)7-9-22)11-24-12-17-20-18(21-25-17)14-4-2-1-3-5-14/h1-5,13,15H,6-12H2,(H,19,23). The zero-order valence-corrected chi connectivity index (χ0v) is 14.1. The molecule has 1 N–H and O–H groups in total. The maximum absolute atomic E-state index is 12.1. The van der Waals surface area contributed by atoms with Gasteiger partial charge in [0.25, 0.3) is 5.89 Å². The number of rotatable bonds is 6. The largest absolute Gasteiger partial charge is 0.362 e. The first-order valence-electron chi connectivity index (χ1n) is 8.75. The van der Waals surface area contributed by atoms with Gasteiger partial charge in [-0.25, -0.2) is 0 Å². The predicted octanol–water partition coefficient (Wildman–Crippen LogP) is 1.46. The Balaban J connectivity index is 1.23. The van der Waals surface area contributed by atoms with Crippen molar-refractivity contribution in [2.75, 3.05) is 26.2 Å². The summed E-state index contributed by atoms with van der Waals surface area (Å²) in [5.41, 5.74) is 0.887. The molecule has 4 heterocycles. The second-order valence-corrected chi connectivity index (χ2v) is 6.68. The predicted molar refractivity (Wildman–Crippen MR) is 90.5 cm³/mol. The van der Waals surface area contributed by atoms with Crippen molar-refractivity contribution in [1.29, 1.82) is 0 Å². The number of ether oxygens (including phenoxy) is 1. The molecule has 3 aliphatic heterocycles. The number of hydrogen-bond donors (Lipinski definition) is 1. The van der Waals surface area contributed by atoms with Crippen molar-refractivity contribution in [2.45, 2.75) is 25.5 Å². The third kappa shape index (κ3) is 3.88. The van der Waals surface area contributed by atoms with Gasteiger partial charge in [0, 0.05) is 18.2 Å². The Morgan fingerprint density at radius 3 is 2.80 bits per heavy atom. The van der Waals surface area contributed by atoms with E-state index in [2.05, 4.69) is 20.4 Å². The van der Waals surface area contributed by atoms with Gasteiger partial charge in [-0.1, -0.05) is 35.5 Å². The summed E-state index contributed by atoms with van der Waals surface area (Å²) in [4.78, 5) is 18.8. The number of benzene rings is 1. The molecule has 0 aliphatic carbocycles. The number of carbonyl (C=O) groups is 1. The van der Waals surface area contributed by atoms with Gasteiger partial charge in [0.05, 0.1) is 0 Å². The number of carbonyl (C=O) groups excluding carboxylic acids is 1. The molecule has 25 heavy (non-hydrogen) atoms. The minimum Gasteiger partial charge on any atom is -0.362 e. The van der Waals surface area contributed by atoms with Crippen LogP contribution in [0.4, 0.5) is 0 Å². The van der Waals surface area contributed by atoms with Gasteiger partial charge in [0.2, 0.25) is 11.7 Å². The van der Waals surface area contributed by atoms with Crippen molar-refractivity contribution >= 4 is 5.91 Å². The molecule has 0 radical (unpaired) electrons. The fourth-order valence-corrected chi connectivity index (χ4v) is 3.63. The summed E-state index contributed by atoms with van der Waals surface area (Å²) in [5.74, 6) is 1.42. The summed E-state index contributed by atoms with van der Waals surface area (Å²) in [5, 5.41) is 7.03. The molecule has 2 aromatic rings. The molecule has 3 saturated heterocycles. The Morgan fingerprint density at radius 2 is 2.08 bits per heavy atom.